The number of carbonyl (C=O) groups excluding carboxylic acids is 1. The summed E-state index contributed by atoms with van der Waals surface area (Å²) in [4.78, 5) is 18.8. The lowest BCUT2D eigenvalue weighted by molar-refractivity contribution is -0.117. The highest BCUT2D eigenvalue weighted by molar-refractivity contribution is 8.16. The second-order valence-corrected chi connectivity index (χ2v) is 10.8. The maximum Gasteiger partial charge on any atom is 0.252 e. The Bertz CT molecular complexity index is 1070. The third-order valence-electron chi connectivity index (χ3n) is 4.84. The van der Waals surface area contributed by atoms with Gasteiger partial charge in [-0.3, -0.25) is 4.79 Å². The highest BCUT2D eigenvalue weighted by Crippen LogP contribution is 2.42. The van der Waals surface area contributed by atoms with Gasteiger partial charge < -0.3 is 4.90 Å². The number of hydrogen-bond acceptors (Lipinski definition) is 4. The Labute approximate surface area is 173 Å². The van der Waals surface area contributed by atoms with E-state index in [0.717, 1.165) is 11.1 Å². The van der Waals surface area contributed by atoms with E-state index < -0.39 is 9.84 Å². The number of thioether (sulfide) groups is 1. The Morgan fingerprint density at radius 1 is 1.21 bits per heavy atom. The van der Waals surface area contributed by atoms with Gasteiger partial charge >= 0.3 is 0 Å². The zero-order valence-electron chi connectivity index (χ0n) is 15.2. The number of rotatable bonds is 3. The molecule has 8 heteroatoms. The summed E-state index contributed by atoms with van der Waals surface area (Å²) in [6.45, 7) is 1.98. The Balaban J connectivity index is 1.66. The van der Waals surface area contributed by atoms with Gasteiger partial charge in [0.05, 0.1) is 34.7 Å². The number of carbonyl (C=O) groups is 1. The van der Waals surface area contributed by atoms with Crippen molar-refractivity contribution in [3.05, 3.63) is 64.7 Å². The van der Waals surface area contributed by atoms with Crippen LogP contribution in [-0.2, 0) is 21.1 Å². The van der Waals surface area contributed by atoms with Gasteiger partial charge in [-0.1, -0.05) is 65.3 Å². The Kier molecular flexibility index (Phi) is 5.24. The number of nitrogens with zero attached hydrogens (tertiary/aromatic N) is 2. The van der Waals surface area contributed by atoms with Crippen molar-refractivity contribution in [3.63, 3.8) is 0 Å². The second-order valence-electron chi connectivity index (χ2n) is 7.08. The van der Waals surface area contributed by atoms with Crippen molar-refractivity contribution in [2.75, 3.05) is 16.4 Å². The van der Waals surface area contributed by atoms with E-state index in [1.807, 2.05) is 54.3 Å². The van der Waals surface area contributed by atoms with Gasteiger partial charge in [-0.05, 0) is 24.6 Å². The molecular weight excluding hydrogens is 416 g/mol. The van der Waals surface area contributed by atoms with E-state index in [9.17, 15) is 13.2 Å². The van der Waals surface area contributed by atoms with Crippen LogP contribution in [0.1, 0.15) is 11.1 Å². The van der Waals surface area contributed by atoms with Crippen LogP contribution in [0.5, 0.6) is 0 Å². The molecule has 1 amide bonds. The van der Waals surface area contributed by atoms with E-state index in [-0.39, 0.29) is 35.1 Å². The lowest BCUT2D eigenvalue weighted by Gasteiger charge is -2.25. The predicted molar refractivity (Wildman–Crippen MR) is 115 cm³/mol. The molecule has 2 atom stereocenters. The van der Waals surface area contributed by atoms with Crippen LogP contribution in [0.25, 0.3) is 0 Å². The van der Waals surface area contributed by atoms with Crippen LogP contribution in [0.2, 0.25) is 5.02 Å². The average Bonchev–Trinajstić information content (AvgIpc) is 3.06. The van der Waals surface area contributed by atoms with Gasteiger partial charge in [-0.15, -0.1) is 0 Å². The molecule has 2 aliphatic rings. The molecule has 28 heavy (non-hydrogen) atoms. The molecule has 0 radical (unpaired) electrons. The zero-order chi connectivity index (χ0) is 19.9. The van der Waals surface area contributed by atoms with Crippen LogP contribution in [0.3, 0.4) is 0 Å². The fourth-order valence-electron chi connectivity index (χ4n) is 3.64. The minimum Gasteiger partial charge on any atom is -0.314 e. The third-order valence-corrected chi connectivity index (χ3v) is 8.37. The Morgan fingerprint density at radius 2 is 2.00 bits per heavy atom. The fourth-order valence-corrected chi connectivity index (χ4v) is 7.79. The first-order valence-corrected chi connectivity index (χ1v) is 12.0. The van der Waals surface area contributed by atoms with Gasteiger partial charge in [0, 0.05) is 5.25 Å². The number of benzene rings is 2. The maximum atomic E-state index is 12.6. The number of para-hydroxylation sites is 1. The van der Waals surface area contributed by atoms with Gasteiger partial charge in [-0.25, -0.2) is 8.42 Å². The van der Waals surface area contributed by atoms with Crippen molar-refractivity contribution in [1.82, 2.24) is 0 Å². The molecule has 5 nitrogen and oxygen atoms in total. The number of amidine groups is 1. The van der Waals surface area contributed by atoms with Gasteiger partial charge in [0.25, 0.3) is 5.91 Å². The maximum absolute atomic E-state index is 12.6. The van der Waals surface area contributed by atoms with Crippen molar-refractivity contribution >= 4 is 50.0 Å². The van der Waals surface area contributed by atoms with Crippen molar-refractivity contribution in [2.45, 2.75) is 24.6 Å². The van der Waals surface area contributed by atoms with Crippen molar-refractivity contribution in [2.24, 2.45) is 4.99 Å². The lowest BCUT2D eigenvalue weighted by Crippen LogP contribution is -2.38. The van der Waals surface area contributed by atoms with E-state index >= 15 is 0 Å². The number of aliphatic imine (C=N–C) groups is 1. The quantitative estimate of drug-likeness (QED) is 0.739. The zero-order valence-corrected chi connectivity index (χ0v) is 17.6. The standard InChI is InChI=1S/C20H19ClN2O3S2/c1-13-5-4-6-14(9-13)10-19(24)22-20-23(16-8-3-2-7-15(16)21)17-11-28(25,26)12-18(17)27-20/h2-9,17-18H,10-12H2,1H3/t17-,18+/m1/s1. The molecule has 0 aliphatic carbocycles. The molecule has 0 spiro atoms. The molecule has 0 N–H and O–H groups in total. The lowest BCUT2D eigenvalue weighted by atomic mass is 10.1. The number of hydrogen-bond donors (Lipinski definition) is 0. The summed E-state index contributed by atoms with van der Waals surface area (Å²) in [6.07, 6.45) is 0.204. The molecule has 4 rings (SSSR count). The van der Waals surface area contributed by atoms with E-state index in [1.165, 1.54) is 11.8 Å². The summed E-state index contributed by atoms with van der Waals surface area (Å²) < 4.78 is 24.3. The molecule has 2 aromatic rings. The first-order chi connectivity index (χ1) is 13.3. The van der Waals surface area contributed by atoms with Crippen LogP contribution in [-0.4, -0.2) is 42.3 Å². The smallest absolute Gasteiger partial charge is 0.252 e. The molecule has 2 aliphatic heterocycles. The monoisotopic (exact) mass is 434 g/mol. The number of anilines is 1. The minimum atomic E-state index is -3.11. The first kappa shape index (κ1) is 19.5. The molecule has 2 saturated heterocycles. The molecule has 0 saturated carbocycles. The van der Waals surface area contributed by atoms with E-state index in [0.29, 0.717) is 15.9 Å². The van der Waals surface area contributed by atoms with Crippen molar-refractivity contribution in [3.8, 4) is 0 Å². The van der Waals surface area contributed by atoms with Gasteiger partial charge in [0.15, 0.2) is 15.0 Å². The number of aryl methyl sites for hydroxylation is 1. The van der Waals surface area contributed by atoms with Crippen molar-refractivity contribution < 1.29 is 13.2 Å². The van der Waals surface area contributed by atoms with Gasteiger partial charge in [-0.2, -0.15) is 4.99 Å². The van der Waals surface area contributed by atoms with Crippen LogP contribution in [0.15, 0.2) is 53.5 Å². The summed E-state index contributed by atoms with van der Waals surface area (Å²) in [5, 5.41) is 0.884. The molecule has 2 fully saturated rings. The summed E-state index contributed by atoms with van der Waals surface area (Å²) in [7, 11) is -3.11. The highest BCUT2D eigenvalue weighted by Gasteiger charge is 2.49. The molecule has 2 heterocycles. The predicted octanol–water partition coefficient (Wildman–Crippen LogP) is 3.49. The van der Waals surface area contributed by atoms with Crippen LogP contribution >= 0.6 is 23.4 Å². The second kappa shape index (κ2) is 7.54. The highest BCUT2D eigenvalue weighted by atomic mass is 35.5. The van der Waals surface area contributed by atoms with Gasteiger partial charge in [0.2, 0.25) is 0 Å². The normalized spacial score (nSPS) is 24.5. The fraction of sp³-hybridized carbons (Fsp3) is 0.300. The van der Waals surface area contributed by atoms with E-state index in [1.54, 1.807) is 6.07 Å². The molecule has 146 valence electrons. The summed E-state index contributed by atoms with van der Waals surface area (Å²) in [5.74, 6) is -0.122. The molecule has 0 bridgehead atoms. The Morgan fingerprint density at radius 3 is 2.75 bits per heavy atom. The minimum absolute atomic E-state index is 0.0426. The Hall–Kier alpha value is -1.83. The summed E-state index contributed by atoms with van der Waals surface area (Å²) in [5.41, 5.74) is 2.68. The van der Waals surface area contributed by atoms with E-state index in [4.69, 9.17) is 11.6 Å². The third kappa shape index (κ3) is 3.97. The van der Waals surface area contributed by atoms with Gasteiger partial charge in [0.1, 0.15) is 0 Å². The number of amides is 1. The first-order valence-electron chi connectivity index (χ1n) is 8.90. The van der Waals surface area contributed by atoms with Crippen molar-refractivity contribution in [1.29, 1.82) is 0 Å². The number of sulfone groups is 1. The molecule has 0 aromatic heterocycles. The molecule has 0 unspecified atom stereocenters. The van der Waals surface area contributed by atoms with Crippen LogP contribution in [0, 0.1) is 6.92 Å². The van der Waals surface area contributed by atoms with Crippen LogP contribution in [0.4, 0.5) is 5.69 Å². The largest absolute Gasteiger partial charge is 0.314 e. The summed E-state index contributed by atoms with van der Waals surface area (Å²) in [6, 6.07) is 14.7. The van der Waals surface area contributed by atoms with Crippen LogP contribution < -0.4 is 4.90 Å². The average molecular weight is 435 g/mol. The summed E-state index contributed by atoms with van der Waals surface area (Å²) >= 11 is 7.73. The van der Waals surface area contributed by atoms with E-state index in [2.05, 4.69) is 4.99 Å². The SMILES string of the molecule is Cc1cccc(CC(=O)N=C2S[C@H]3CS(=O)(=O)C[C@H]3N2c2ccccc2Cl)c1. The number of halogens is 1. The topological polar surface area (TPSA) is 66.8 Å². The number of fused-ring (bicyclic) bond motifs is 1. The molecular formula is C20H19ClN2O3S2. The molecule has 2 aromatic carbocycles.